The number of nitrogen functional groups attached to an aromatic ring is 1. The third-order valence-electron chi connectivity index (χ3n) is 3.07. The standard InChI is InChI=1S/C12H16F2N2O2S/c13-10-6-9(15)7-11(14)12(10)19(17,18)16-5-1-2-8-3-4-8/h6-8,16H,1-5,15H2. The average molecular weight is 290 g/mol. The molecule has 19 heavy (non-hydrogen) atoms. The topological polar surface area (TPSA) is 72.2 Å². The van der Waals surface area contributed by atoms with Crippen LogP contribution in [0.25, 0.3) is 0 Å². The maximum absolute atomic E-state index is 13.5. The summed E-state index contributed by atoms with van der Waals surface area (Å²) < 4.78 is 52.9. The number of benzene rings is 1. The van der Waals surface area contributed by atoms with Gasteiger partial charge >= 0.3 is 0 Å². The molecule has 1 saturated carbocycles. The molecule has 1 aromatic carbocycles. The molecule has 0 saturated heterocycles. The first-order valence-corrected chi connectivity index (χ1v) is 7.62. The number of hydrogen-bond acceptors (Lipinski definition) is 3. The molecule has 0 bridgehead atoms. The highest BCUT2D eigenvalue weighted by Gasteiger charge is 2.25. The van der Waals surface area contributed by atoms with Gasteiger partial charge in [-0.05, 0) is 30.9 Å². The normalized spacial score (nSPS) is 15.7. The van der Waals surface area contributed by atoms with Gasteiger partial charge in [-0.25, -0.2) is 21.9 Å². The lowest BCUT2D eigenvalue weighted by Gasteiger charge is -2.09. The molecule has 0 aromatic heterocycles. The van der Waals surface area contributed by atoms with Gasteiger partial charge in [0.15, 0.2) is 4.90 Å². The molecule has 0 amide bonds. The second-order valence-corrected chi connectivity index (χ2v) is 6.50. The van der Waals surface area contributed by atoms with Crippen LogP contribution in [0.2, 0.25) is 0 Å². The second kappa shape index (κ2) is 5.42. The molecule has 0 unspecified atom stereocenters. The summed E-state index contributed by atoms with van der Waals surface area (Å²) >= 11 is 0. The fourth-order valence-corrected chi connectivity index (χ4v) is 3.10. The molecule has 106 valence electrons. The van der Waals surface area contributed by atoms with E-state index >= 15 is 0 Å². The summed E-state index contributed by atoms with van der Waals surface area (Å²) in [5, 5.41) is 0. The first-order chi connectivity index (χ1) is 8.90. The minimum Gasteiger partial charge on any atom is -0.399 e. The van der Waals surface area contributed by atoms with Gasteiger partial charge in [-0.2, -0.15) is 0 Å². The third-order valence-corrected chi connectivity index (χ3v) is 4.58. The molecular weight excluding hydrogens is 274 g/mol. The average Bonchev–Trinajstić information content (AvgIpc) is 3.06. The highest BCUT2D eigenvalue weighted by molar-refractivity contribution is 7.89. The van der Waals surface area contributed by atoms with Gasteiger partial charge in [-0.3, -0.25) is 0 Å². The van der Waals surface area contributed by atoms with E-state index in [0.717, 1.165) is 18.6 Å². The van der Waals surface area contributed by atoms with Crippen LogP contribution >= 0.6 is 0 Å². The van der Waals surface area contributed by atoms with Gasteiger partial charge in [0, 0.05) is 12.2 Å². The summed E-state index contributed by atoms with van der Waals surface area (Å²) in [6.07, 6.45) is 3.99. The molecule has 2 rings (SSSR count). The Balaban J connectivity index is 2.05. The van der Waals surface area contributed by atoms with Crippen LogP contribution in [0.1, 0.15) is 25.7 Å². The van der Waals surface area contributed by atoms with Crippen molar-refractivity contribution in [2.45, 2.75) is 30.6 Å². The van der Waals surface area contributed by atoms with Crippen LogP contribution in [0.3, 0.4) is 0 Å². The van der Waals surface area contributed by atoms with E-state index in [1.54, 1.807) is 0 Å². The molecule has 0 heterocycles. The van der Waals surface area contributed by atoms with E-state index in [0.29, 0.717) is 12.3 Å². The minimum atomic E-state index is -4.17. The molecule has 4 nitrogen and oxygen atoms in total. The summed E-state index contributed by atoms with van der Waals surface area (Å²) in [6.45, 7) is 0.183. The van der Waals surface area contributed by atoms with Crippen molar-refractivity contribution in [3.8, 4) is 0 Å². The van der Waals surface area contributed by atoms with Crippen molar-refractivity contribution in [2.24, 2.45) is 5.92 Å². The van der Waals surface area contributed by atoms with Crippen molar-refractivity contribution in [1.82, 2.24) is 4.72 Å². The molecule has 0 radical (unpaired) electrons. The number of halogens is 2. The van der Waals surface area contributed by atoms with Crippen molar-refractivity contribution < 1.29 is 17.2 Å². The number of sulfonamides is 1. The molecule has 1 aliphatic rings. The van der Waals surface area contributed by atoms with Crippen LogP contribution in [0.4, 0.5) is 14.5 Å². The predicted octanol–water partition coefficient (Wildman–Crippen LogP) is 2.02. The van der Waals surface area contributed by atoms with Crippen molar-refractivity contribution in [1.29, 1.82) is 0 Å². The Kier molecular flexibility index (Phi) is 4.05. The molecule has 1 fully saturated rings. The minimum absolute atomic E-state index is 0.150. The smallest absolute Gasteiger partial charge is 0.246 e. The molecule has 1 aromatic rings. The van der Waals surface area contributed by atoms with Crippen molar-refractivity contribution in [3.63, 3.8) is 0 Å². The Morgan fingerprint density at radius 2 is 1.84 bits per heavy atom. The Labute approximate surface area is 111 Å². The fourth-order valence-electron chi connectivity index (χ4n) is 1.91. The summed E-state index contributed by atoms with van der Waals surface area (Å²) in [5.41, 5.74) is 5.09. The van der Waals surface area contributed by atoms with Gasteiger partial charge in [0.05, 0.1) is 0 Å². The highest BCUT2D eigenvalue weighted by atomic mass is 32.2. The lowest BCUT2D eigenvalue weighted by atomic mass is 10.2. The third kappa shape index (κ3) is 3.63. The zero-order chi connectivity index (χ0) is 14.0. The lowest BCUT2D eigenvalue weighted by Crippen LogP contribution is -2.26. The summed E-state index contributed by atoms with van der Waals surface area (Å²) in [6, 6.07) is 1.59. The monoisotopic (exact) mass is 290 g/mol. The van der Waals surface area contributed by atoms with Gasteiger partial charge in [0.25, 0.3) is 0 Å². The number of rotatable bonds is 6. The lowest BCUT2D eigenvalue weighted by molar-refractivity contribution is 0.513. The molecule has 0 spiro atoms. The summed E-state index contributed by atoms with van der Waals surface area (Å²) in [5.74, 6) is -1.66. The number of nitrogens with one attached hydrogen (secondary N) is 1. The SMILES string of the molecule is Nc1cc(F)c(S(=O)(=O)NCCCC2CC2)c(F)c1. The van der Waals surface area contributed by atoms with Gasteiger partial charge in [-0.1, -0.05) is 12.8 Å². The van der Waals surface area contributed by atoms with Gasteiger partial charge in [0.2, 0.25) is 10.0 Å². The quantitative estimate of drug-likeness (QED) is 0.622. The highest BCUT2D eigenvalue weighted by Crippen LogP contribution is 2.33. The van der Waals surface area contributed by atoms with E-state index in [2.05, 4.69) is 4.72 Å². The Morgan fingerprint density at radius 1 is 1.26 bits per heavy atom. The van der Waals surface area contributed by atoms with Crippen LogP contribution in [0.5, 0.6) is 0 Å². The molecule has 0 aliphatic heterocycles. The zero-order valence-electron chi connectivity index (χ0n) is 10.3. The number of nitrogens with two attached hydrogens (primary N) is 1. The van der Waals surface area contributed by atoms with Crippen LogP contribution in [-0.2, 0) is 10.0 Å². The van der Waals surface area contributed by atoms with E-state index in [4.69, 9.17) is 5.73 Å². The molecule has 0 atom stereocenters. The van der Waals surface area contributed by atoms with E-state index < -0.39 is 26.6 Å². The Bertz CT molecular complexity index is 548. The van der Waals surface area contributed by atoms with Gasteiger partial charge < -0.3 is 5.73 Å². The van der Waals surface area contributed by atoms with Crippen LogP contribution in [0, 0.1) is 17.6 Å². The summed E-state index contributed by atoms with van der Waals surface area (Å²) in [7, 11) is -4.17. The van der Waals surface area contributed by atoms with E-state index in [9.17, 15) is 17.2 Å². The fraction of sp³-hybridized carbons (Fsp3) is 0.500. The van der Waals surface area contributed by atoms with Crippen LogP contribution in [0.15, 0.2) is 17.0 Å². The molecule has 1 aliphatic carbocycles. The maximum Gasteiger partial charge on any atom is 0.246 e. The molecule has 7 heteroatoms. The molecular formula is C12H16F2N2O2S. The Hall–Kier alpha value is -1.21. The maximum atomic E-state index is 13.5. The largest absolute Gasteiger partial charge is 0.399 e. The number of hydrogen-bond donors (Lipinski definition) is 2. The predicted molar refractivity (Wildman–Crippen MR) is 67.9 cm³/mol. The first-order valence-electron chi connectivity index (χ1n) is 6.14. The van der Waals surface area contributed by atoms with Crippen molar-refractivity contribution in [3.05, 3.63) is 23.8 Å². The van der Waals surface area contributed by atoms with Crippen LogP contribution in [-0.4, -0.2) is 15.0 Å². The van der Waals surface area contributed by atoms with Gasteiger partial charge in [-0.15, -0.1) is 0 Å². The first kappa shape index (κ1) is 14.2. The van der Waals surface area contributed by atoms with Crippen LogP contribution < -0.4 is 10.5 Å². The van der Waals surface area contributed by atoms with E-state index in [1.165, 1.54) is 12.8 Å². The van der Waals surface area contributed by atoms with E-state index in [-0.39, 0.29) is 12.2 Å². The van der Waals surface area contributed by atoms with Gasteiger partial charge in [0.1, 0.15) is 11.6 Å². The molecule has 3 N–H and O–H groups in total. The Morgan fingerprint density at radius 3 is 2.37 bits per heavy atom. The van der Waals surface area contributed by atoms with E-state index in [1.807, 2.05) is 0 Å². The summed E-state index contributed by atoms with van der Waals surface area (Å²) in [4.78, 5) is -0.965. The van der Waals surface area contributed by atoms with Crippen molar-refractivity contribution in [2.75, 3.05) is 12.3 Å². The second-order valence-electron chi connectivity index (χ2n) is 4.80. The zero-order valence-corrected chi connectivity index (χ0v) is 11.1. The van der Waals surface area contributed by atoms with Crippen molar-refractivity contribution >= 4 is 15.7 Å². The number of anilines is 1.